The summed E-state index contributed by atoms with van der Waals surface area (Å²) in [6.07, 6.45) is 0. The van der Waals surface area contributed by atoms with Crippen molar-refractivity contribution in [2.24, 2.45) is 0 Å². The van der Waals surface area contributed by atoms with Crippen LogP contribution in [-0.2, 0) is 11.3 Å². The Balaban J connectivity index is 2.84. The molecule has 0 aliphatic heterocycles. The van der Waals surface area contributed by atoms with Gasteiger partial charge in [0, 0.05) is 22.8 Å². The lowest BCUT2D eigenvalue weighted by Crippen LogP contribution is -1.99. The highest BCUT2D eigenvalue weighted by molar-refractivity contribution is 7.21. The zero-order valence-corrected chi connectivity index (χ0v) is 10.9. The molecule has 1 heterocycles. The number of methoxy groups -OCH3 is 1. The van der Waals surface area contributed by atoms with Crippen molar-refractivity contribution in [3.63, 3.8) is 0 Å². The number of hydrogen-bond donors (Lipinski definition) is 1. The van der Waals surface area contributed by atoms with Crippen molar-refractivity contribution < 1.29 is 14.6 Å². The molecule has 2 rings (SSSR count). The maximum atomic E-state index is 11.2. The van der Waals surface area contributed by atoms with E-state index in [1.54, 1.807) is 7.11 Å². The molecule has 1 aromatic carbocycles. The minimum atomic E-state index is -0.878. The second kappa shape index (κ2) is 4.47. The maximum Gasteiger partial charge on any atom is 0.346 e. The van der Waals surface area contributed by atoms with Gasteiger partial charge in [-0.2, -0.15) is 0 Å². The summed E-state index contributed by atoms with van der Waals surface area (Å²) in [7, 11) is 1.58. The Morgan fingerprint density at radius 2 is 2.00 bits per heavy atom. The van der Waals surface area contributed by atoms with E-state index in [0.717, 1.165) is 26.8 Å². The predicted octanol–water partition coefficient (Wildman–Crippen LogP) is 3.36. The average molecular weight is 250 g/mol. The van der Waals surface area contributed by atoms with Gasteiger partial charge in [0.2, 0.25) is 0 Å². The Hall–Kier alpha value is -1.39. The summed E-state index contributed by atoms with van der Waals surface area (Å²) in [5.74, 6) is -0.878. The molecule has 17 heavy (non-hydrogen) atoms. The van der Waals surface area contributed by atoms with Gasteiger partial charge in [0.1, 0.15) is 4.88 Å². The number of carbonyl (C=O) groups is 1. The second-order valence-corrected chi connectivity index (χ2v) is 5.07. The number of thiophene rings is 1. The van der Waals surface area contributed by atoms with Gasteiger partial charge in [-0.25, -0.2) is 4.79 Å². The number of rotatable bonds is 3. The average Bonchev–Trinajstić information content (AvgIpc) is 2.65. The van der Waals surface area contributed by atoms with Crippen LogP contribution in [0.15, 0.2) is 12.1 Å². The molecule has 0 saturated carbocycles. The minimum absolute atomic E-state index is 0.339. The Kier molecular flexibility index (Phi) is 3.17. The van der Waals surface area contributed by atoms with E-state index in [9.17, 15) is 9.90 Å². The largest absolute Gasteiger partial charge is 0.477 e. The number of aryl methyl sites for hydroxylation is 2. The molecule has 3 nitrogen and oxygen atoms in total. The fraction of sp³-hybridized carbons (Fsp3) is 0.308. The summed E-state index contributed by atoms with van der Waals surface area (Å²) in [6.45, 7) is 4.34. The van der Waals surface area contributed by atoms with Crippen LogP contribution < -0.4 is 0 Å². The lowest BCUT2D eigenvalue weighted by molar-refractivity contribution is 0.0698. The van der Waals surface area contributed by atoms with Gasteiger partial charge in [-0.15, -0.1) is 11.3 Å². The van der Waals surface area contributed by atoms with Crippen LogP contribution in [0, 0.1) is 13.8 Å². The smallest absolute Gasteiger partial charge is 0.346 e. The normalized spacial score (nSPS) is 11.0. The Bertz CT molecular complexity index is 584. The molecule has 0 fully saturated rings. The zero-order chi connectivity index (χ0) is 12.6. The van der Waals surface area contributed by atoms with E-state index in [1.807, 2.05) is 26.0 Å². The minimum Gasteiger partial charge on any atom is -0.477 e. The Labute approximate surface area is 104 Å². The molecule has 0 aliphatic carbocycles. The van der Waals surface area contributed by atoms with Gasteiger partial charge in [0.25, 0.3) is 0 Å². The molecule has 1 aromatic heterocycles. The highest BCUT2D eigenvalue weighted by atomic mass is 32.1. The van der Waals surface area contributed by atoms with Gasteiger partial charge in [-0.05, 0) is 25.0 Å². The van der Waals surface area contributed by atoms with Crippen LogP contribution in [0.4, 0.5) is 0 Å². The SMILES string of the molecule is COCc1c(C(=O)O)sc2c(C)ccc(C)c12. The van der Waals surface area contributed by atoms with E-state index in [-0.39, 0.29) is 0 Å². The second-order valence-electron chi connectivity index (χ2n) is 4.05. The summed E-state index contributed by atoms with van der Waals surface area (Å²) in [5, 5.41) is 10.3. The molecule has 0 aliphatic rings. The topological polar surface area (TPSA) is 46.5 Å². The molecule has 0 amide bonds. The van der Waals surface area contributed by atoms with Crippen molar-refractivity contribution >= 4 is 27.4 Å². The summed E-state index contributed by atoms with van der Waals surface area (Å²) in [6, 6.07) is 4.05. The highest BCUT2D eigenvalue weighted by Crippen LogP contribution is 2.36. The molecule has 0 atom stereocenters. The van der Waals surface area contributed by atoms with Crippen LogP contribution in [0.3, 0.4) is 0 Å². The standard InChI is InChI=1S/C13H14O3S/c1-7-4-5-8(2)11-10(7)9(6-16-3)12(17-11)13(14)15/h4-5H,6H2,1-3H3,(H,14,15). The van der Waals surface area contributed by atoms with E-state index in [0.29, 0.717) is 11.5 Å². The van der Waals surface area contributed by atoms with Crippen LogP contribution in [0.5, 0.6) is 0 Å². The maximum absolute atomic E-state index is 11.2. The molecule has 0 radical (unpaired) electrons. The van der Waals surface area contributed by atoms with Gasteiger partial charge >= 0.3 is 5.97 Å². The summed E-state index contributed by atoms with van der Waals surface area (Å²) in [4.78, 5) is 11.6. The van der Waals surface area contributed by atoms with Gasteiger partial charge in [0.15, 0.2) is 0 Å². The molecule has 2 aromatic rings. The van der Waals surface area contributed by atoms with E-state index < -0.39 is 5.97 Å². The molecular weight excluding hydrogens is 236 g/mol. The number of aromatic carboxylic acids is 1. The van der Waals surface area contributed by atoms with Crippen LogP contribution in [0.1, 0.15) is 26.4 Å². The number of hydrogen-bond acceptors (Lipinski definition) is 3. The Morgan fingerprint density at radius 3 is 2.59 bits per heavy atom. The summed E-state index contributed by atoms with van der Waals surface area (Å²) < 4.78 is 6.17. The monoisotopic (exact) mass is 250 g/mol. The third-order valence-electron chi connectivity index (χ3n) is 2.83. The van der Waals surface area contributed by atoms with Gasteiger partial charge in [-0.1, -0.05) is 12.1 Å². The van der Waals surface area contributed by atoms with Crippen molar-refractivity contribution in [3.8, 4) is 0 Å². The van der Waals surface area contributed by atoms with Crippen molar-refractivity contribution in [2.45, 2.75) is 20.5 Å². The van der Waals surface area contributed by atoms with Crippen LogP contribution in [0.25, 0.3) is 10.1 Å². The van der Waals surface area contributed by atoms with Crippen molar-refractivity contribution in [1.29, 1.82) is 0 Å². The van der Waals surface area contributed by atoms with Crippen molar-refractivity contribution in [3.05, 3.63) is 33.7 Å². The highest BCUT2D eigenvalue weighted by Gasteiger charge is 2.19. The van der Waals surface area contributed by atoms with Crippen LogP contribution in [-0.4, -0.2) is 18.2 Å². The fourth-order valence-corrected chi connectivity index (χ4v) is 3.21. The zero-order valence-electron chi connectivity index (χ0n) is 10.0. The van der Waals surface area contributed by atoms with E-state index in [2.05, 4.69) is 0 Å². The molecule has 0 bridgehead atoms. The first kappa shape index (κ1) is 12.1. The first-order valence-corrected chi connectivity index (χ1v) is 6.11. The number of fused-ring (bicyclic) bond motifs is 1. The van der Waals surface area contributed by atoms with E-state index in [1.165, 1.54) is 11.3 Å². The number of carboxylic acids is 1. The molecule has 0 saturated heterocycles. The van der Waals surface area contributed by atoms with E-state index in [4.69, 9.17) is 4.74 Å². The van der Waals surface area contributed by atoms with Crippen molar-refractivity contribution in [1.82, 2.24) is 0 Å². The van der Waals surface area contributed by atoms with Crippen LogP contribution >= 0.6 is 11.3 Å². The molecule has 0 spiro atoms. The number of carboxylic acid groups (broad SMARTS) is 1. The summed E-state index contributed by atoms with van der Waals surface area (Å²) >= 11 is 1.33. The molecule has 1 N–H and O–H groups in total. The number of benzene rings is 1. The first-order valence-electron chi connectivity index (χ1n) is 5.30. The molecule has 90 valence electrons. The van der Waals surface area contributed by atoms with Crippen molar-refractivity contribution in [2.75, 3.05) is 7.11 Å². The quantitative estimate of drug-likeness (QED) is 0.908. The third-order valence-corrected chi connectivity index (χ3v) is 4.18. The molecule has 4 heteroatoms. The van der Waals surface area contributed by atoms with Gasteiger partial charge in [0.05, 0.1) is 6.61 Å². The Morgan fingerprint density at radius 1 is 1.35 bits per heavy atom. The lowest BCUT2D eigenvalue weighted by Gasteiger charge is -2.04. The lowest BCUT2D eigenvalue weighted by atomic mass is 10.0. The number of ether oxygens (including phenoxy) is 1. The van der Waals surface area contributed by atoms with Gasteiger partial charge in [-0.3, -0.25) is 0 Å². The van der Waals surface area contributed by atoms with Gasteiger partial charge < -0.3 is 9.84 Å². The van der Waals surface area contributed by atoms with E-state index >= 15 is 0 Å². The molecule has 0 unspecified atom stereocenters. The molecular formula is C13H14O3S. The third kappa shape index (κ3) is 1.94. The van der Waals surface area contributed by atoms with Crippen LogP contribution in [0.2, 0.25) is 0 Å². The first-order chi connectivity index (χ1) is 8.06. The summed E-state index contributed by atoms with van der Waals surface area (Å²) in [5.41, 5.74) is 3.00. The predicted molar refractivity (Wildman–Crippen MR) is 69.0 cm³/mol. The fourth-order valence-electron chi connectivity index (χ4n) is 2.02.